The molecule has 0 radical (unpaired) electrons. The molecule has 0 aliphatic rings. The molecule has 5 rings (SSSR count). The average molecular weight is 493 g/mol. The molecule has 0 fully saturated rings. The fourth-order valence-corrected chi connectivity index (χ4v) is 5.00. The normalized spacial score (nSPS) is 11.9. The van der Waals surface area contributed by atoms with Crippen LogP contribution >= 0.6 is 11.3 Å². The van der Waals surface area contributed by atoms with Crippen LogP contribution in [-0.4, -0.2) is 11.5 Å². The van der Waals surface area contributed by atoms with Gasteiger partial charge < -0.3 is 5.32 Å². The third kappa shape index (κ3) is 4.75. The molecule has 6 nitrogen and oxygen atoms in total. The molecule has 0 unspecified atom stereocenters. The van der Waals surface area contributed by atoms with Gasteiger partial charge in [0, 0.05) is 23.0 Å². The Bertz CT molecular complexity index is 1610. The number of fused-ring (bicyclic) bond motifs is 2. The van der Waals surface area contributed by atoms with Gasteiger partial charge in [-0.25, -0.2) is 4.98 Å². The summed E-state index contributed by atoms with van der Waals surface area (Å²) in [6, 6.07) is 20.6. The third-order valence-electron chi connectivity index (χ3n) is 6.28. The number of benzene rings is 4. The molecule has 0 atom stereocenters. The van der Waals surface area contributed by atoms with E-state index in [0.717, 1.165) is 61.4 Å². The Labute approximate surface area is 214 Å². The lowest BCUT2D eigenvalue weighted by Gasteiger charge is -2.09. The molecule has 0 saturated carbocycles. The smallest absolute Gasteiger partial charge is 0.231 e. The fourth-order valence-electron chi connectivity index (χ4n) is 4.13. The van der Waals surface area contributed by atoms with Gasteiger partial charge in [0.05, 0.1) is 27.3 Å². The van der Waals surface area contributed by atoms with Gasteiger partial charge in [-0.15, -0.1) is 15.3 Å². The minimum atomic E-state index is 0.656. The minimum absolute atomic E-state index is 0.656. The summed E-state index contributed by atoms with van der Waals surface area (Å²) in [7, 11) is 0. The maximum Gasteiger partial charge on any atom is 0.231 e. The molecule has 0 saturated heterocycles. The molecule has 1 aromatic heterocycles. The highest BCUT2D eigenvalue weighted by Crippen LogP contribution is 2.36. The number of aryl methyl sites for hydroxylation is 4. The monoisotopic (exact) mass is 492 g/mol. The summed E-state index contributed by atoms with van der Waals surface area (Å²) in [5.41, 5.74) is 8.99. The van der Waals surface area contributed by atoms with Crippen molar-refractivity contribution in [1.29, 1.82) is 0 Å². The van der Waals surface area contributed by atoms with E-state index in [9.17, 15) is 0 Å². The number of azo groups is 2. The van der Waals surface area contributed by atoms with Crippen LogP contribution in [0.3, 0.4) is 0 Å². The summed E-state index contributed by atoms with van der Waals surface area (Å²) in [5.74, 6) is 0. The van der Waals surface area contributed by atoms with Crippen molar-refractivity contribution in [3.63, 3.8) is 0 Å². The van der Waals surface area contributed by atoms with E-state index >= 15 is 0 Å². The standard InChI is InChI=1S/C29H28N6S/c1-6-30-23-11-12-24(22-10-8-7-9-21(22)23)32-33-25-14-20(5)26(15-19(25)4)34-35-29-31-27-13-17(2)18(3)16-28(27)36-29/h7-16,30H,6H2,1-5H3/b33-32+,35-34+. The lowest BCUT2D eigenvalue weighted by molar-refractivity contribution is 1.16. The molecule has 1 N–H and O–H groups in total. The molecule has 0 spiro atoms. The van der Waals surface area contributed by atoms with E-state index in [1.165, 1.54) is 11.1 Å². The van der Waals surface area contributed by atoms with Crippen molar-refractivity contribution < 1.29 is 0 Å². The predicted octanol–water partition coefficient (Wildman–Crippen LogP) is 9.95. The Kier molecular flexibility index (Phi) is 6.57. The summed E-state index contributed by atoms with van der Waals surface area (Å²) < 4.78 is 1.13. The molecule has 5 aromatic rings. The van der Waals surface area contributed by atoms with Crippen molar-refractivity contribution >= 4 is 60.2 Å². The number of aromatic nitrogens is 1. The molecular formula is C29H28N6S. The minimum Gasteiger partial charge on any atom is -0.385 e. The lowest BCUT2D eigenvalue weighted by Crippen LogP contribution is -1.96. The first-order chi connectivity index (χ1) is 17.4. The van der Waals surface area contributed by atoms with Crippen molar-refractivity contribution in [3.8, 4) is 0 Å². The maximum atomic E-state index is 4.63. The van der Waals surface area contributed by atoms with Crippen LogP contribution in [0.4, 0.5) is 27.9 Å². The topological polar surface area (TPSA) is 74.4 Å². The Morgan fingerprint density at radius 1 is 0.694 bits per heavy atom. The largest absolute Gasteiger partial charge is 0.385 e. The SMILES string of the molecule is CCNc1ccc(/N=N/c2cc(C)c(/N=N/c3nc4cc(C)c(C)cc4s3)cc2C)c2ccccc12. The molecule has 180 valence electrons. The lowest BCUT2D eigenvalue weighted by atomic mass is 10.1. The fraction of sp³-hybridized carbons (Fsp3) is 0.207. The van der Waals surface area contributed by atoms with Gasteiger partial charge >= 0.3 is 0 Å². The molecule has 0 bridgehead atoms. The molecule has 1 heterocycles. The van der Waals surface area contributed by atoms with Gasteiger partial charge in [-0.05, 0) is 93.3 Å². The molecule has 36 heavy (non-hydrogen) atoms. The van der Waals surface area contributed by atoms with Gasteiger partial charge in [0.2, 0.25) is 5.13 Å². The van der Waals surface area contributed by atoms with Crippen molar-refractivity contribution in [2.75, 3.05) is 11.9 Å². The zero-order valence-corrected chi connectivity index (χ0v) is 21.9. The number of rotatable bonds is 6. The van der Waals surface area contributed by atoms with Crippen molar-refractivity contribution in [2.45, 2.75) is 34.6 Å². The second-order valence-electron chi connectivity index (χ2n) is 8.93. The van der Waals surface area contributed by atoms with Gasteiger partial charge in [0.15, 0.2) is 0 Å². The van der Waals surface area contributed by atoms with Gasteiger partial charge in [0.1, 0.15) is 0 Å². The Hall–Kier alpha value is -3.97. The third-order valence-corrected chi connectivity index (χ3v) is 7.19. The molecule has 0 aliphatic heterocycles. The van der Waals surface area contributed by atoms with Crippen LogP contribution in [0, 0.1) is 27.7 Å². The molecular weight excluding hydrogens is 464 g/mol. The summed E-state index contributed by atoms with van der Waals surface area (Å²) in [6.45, 7) is 11.2. The number of anilines is 1. The van der Waals surface area contributed by atoms with Crippen LogP contribution in [0.25, 0.3) is 21.0 Å². The molecule has 4 aromatic carbocycles. The number of nitrogens with zero attached hydrogens (tertiary/aromatic N) is 5. The quantitative estimate of drug-likeness (QED) is 0.239. The molecule has 0 aliphatic carbocycles. The summed E-state index contributed by atoms with van der Waals surface area (Å²) in [5, 5.41) is 24.4. The summed E-state index contributed by atoms with van der Waals surface area (Å²) in [6.07, 6.45) is 0. The van der Waals surface area contributed by atoms with Crippen LogP contribution in [0.2, 0.25) is 0 Å². The second kappa shape index (κ2) is 9.95. The first kappa shape index (κ1) is 23.8. The van der Waals surface area contributed by atoms with E-state index in [4.69, 9.17) is 0 Å². The zero-order valence-electron chi connectivity index (χ0n) is 21.1. The Morgan fingerprint density at radius 2 is 1.33 bits per heavy atom. The van der Waals surface area contributed by atoms with E-state index in [2.05, 4.69) is 81.9 Å². The maximum absolute atomic E-state index is 4.63. The first-order valence-corrected chi connectivity index (χ1v) is 12.8. The van der Waals surface area contributed by atoms with Gasteiger partial charge in [-0.2, -0.15) is 5.11 Å². The number of thiazole rings is 1. The Balaban J connectivity index is 1.42. The number of hydrogen-bond donors (Lipinski definition) is 1. The molecule has 7 heteroatoms. The van der Waals surface area contributed by atoms with E-state index in [0.29, 0.717) is 5.13 Å². The van der Waals surface area contributed by atoms with Crippen LogP contribution in [0.15, 0.2) is 81.1 Å². The summed E-state index contributed by atoms with van der Waals surface area (Å²) in [4.78, 5) is 4.63. The predicted molar refractivity (Wildman–Crippen MR) is 151 cm³/mol. The van der Waals surface area contributed by atoms with Gasteiger partial charge in [-0.1, -0.05) is 35.6 Å². The van der Waals surface area contributed by atoms with E-state index in [-0.39, 0.29) is 0 Å². The van der Waals surface area contributed by atoms with Gasteiger partial charge in [-0.3, -0.25) is 0 Å². The van der Waals surface area contributed by atoms with Crippen LogP contribution in [0.5, 0.6) is 0 Å². The van der Waals surface area contributed by atoms with Crippen LogP contribution in [-0.2, 0) is 0 Å². The van der Waals surface area contributed by atoms with E-state index in [1.807, 2.05) is 44.2 Å². The Morgan fingerprint density at radius 3 is 2.06 bits per heavy atom. The zero-order chi connectivity index (χ0) is 25.2. The summed E-state index contributed by atoms with van der Waals surface area (Å²) >= 11 is 1.55. The number of nitrogens with one attached hydrogen (secondary N) is 1. The highest BCUT2D eigenvalue weighted by atomic mass is 32.1. The van der Waals surface area contributed by atoms with Crippen molar-refractivity contribution in [1.82, 2.24) is 4.98 Å². The second-order valence-corrected chi connectivity index (χ2v) is 9.94. The first-order valence-electron chi connectivity index (χ1n) is 12.0. The van der Waals surface area contributed by atoms with Crippen LogP contribution < -0.4 is 5.32 Å². The number of hydrogen-bond acceptors (Lipinski definition) is 7. The average Bonchev–Trinajstić information content (AvgIpc) is 3.26. The highest BCUT2D eigenvalue weighted by molar-refractivity contribution is 7.21. The highest BCUT2D eigenvalue weighted by Gasteiger charge is 2.09. The van der Waals surface area contributed by atoms with Crippen molar-refractivity contribution in [3.05, 3.63) is 82.9 Å². The van der Waals surface area contributed by atoms with E-state index in [1.54, 1.807) is 11.3 Å². The molecule has 0 amide bonds. The van der Waals surface area contributed by atoms with Crippen LogP contribution in [0.1, 0.15) is 29.2 Å². The van der Waals surface area contributed by atoms with Gasteiger partial charge in [0.25, 0.3) is 0 Å². The van der Waals surface area contributed by atoms with Crippen molar-refractivity contribution in [2.24, 2.45) is 20.5 Å². The van der Waals surface area contributed by atoms with E-state index < -0.39 is 0 Å².